The standard InChI is InChI=1S/C33H42N2O3/c1-33(2)30(22-26-14-17-28(36-3)23-32(26)38-33)29-10-6-7-11-31(29)34-24-25-12-15-27(16-13-25)37-21-20-35-18-8-4-5-9-19-35/h6-7,10-17,23,30,34H,4-5,8-9,18-22,24H2,1-3H3. The van der Waals surface area contributed by atoms with Crippen molar-refractivity contribution >= 4 is 5.69 Å². The van der Waals surface area contributed by atoms with Crippen LogP contribution in [0.4, 0.5) is 5.69 Å². The van der Waals surface area contributed by atoms with Gasteiger partial charge < -0.3 is 19.5 Å². The molecule has 38 heavy (non-hydrogen) atoms. The third-order valence-electron chi connectivity index (χ3n) is 8.03. The van der Waals surface area contributed by atoms with Crippen LogP contribution >= 0.6 is 0 Å². The highest BCUT2D eigenvalue weighted by Crippen LogP contribution is 2.45. The van der Waals surface area contributed by atoms with Gasteiger partial charge in [-0.3, -0.25) is 4.90 Å². The zero-order chi connectivity index (χ0) is 26.4. The highest BCUT2D eigenvalue weighted by atomic mass is 16.5. The van der Waals surface area contributed by atoms with E-state index < -0.39 is 0 Å². The van der Waals surface area contributed by atoms with Crippen molar-refractivity contribution in [3.8, 4) is 17.2 Å². The minimum Gasteiger partial charge on any atom is -0.497 e. The number of rotatable bonds is 9. The van der Waals surface area contributed by atoms with Crippen LogP contribution < -0.4 is 19.5 Å². The smallest absolute Gasteiger partial charge is 0.127 e. The molecule has 0 bridgehead atoms. The molecule has 0 amide bonds. The van der Waals surface area contributed by atoms with Gasteiger partial charge >= 0.3 is 0 Å². The summed E-state index contributed by atoms with van der Waals surface area (Å²) in [4.78, 5) is 2.54. The van der Waals surface area contributed by atoms with Crippen LogP contribution in [0.5, 0.6) is 17.2 Å². The van der Waals surface area contributed by atoms with Crippen molar-refractivity contribution in [3.63, 3.8) is 0 Å². The Morgan fingerprint density at radius 1 is 0.921 bits per heavy atom. The lowest BCUT2D eigenvalue weighted by Crippen LogP contribution is -2.40. The predicted octanol–water partition coefficient (Wildman–Crippen LogP) is 7.06. The Kier molecular flexibility index (Phi) is 8.43. The molecule has 2 aliphatic rings. The van der Waals surface area contributed by atoms with Crippen LogP contribution in [0.15, 0.2) is 66.7 Å². The predicted molar refractivity (Wildman–Crippen MR) is 155 cm³/mol. The van der Waals surface area contributed by atoms with E-state index in [-0.39, 0.29) is 11.5 Å². The lowest BCUT2D eigenvalue weighted by Gasteiger charge is -2.41. The average molecular weight is 515 g/mol. The maximum atomic E-state index is 6.51. The second kappa shape index (κ2) is 12.1. The fourth-order valence-electron chi connectivity index (χ4n) is 5.75. The summed E-state index contributed by atoms with van der Waals surface area (Å²) in [6.45, 7) is 9.30. The van der Waals surface area contributed by atoms with Gasteiger partial charge in [-0.25, -0.2) is 0 Å². The van der Waals surface area contributed by atoms with Crippen molar-refractivity contribution < 1.29 is 14.2 Å². The van der Waals surface area contributed by atoms with Gasteiger partial charge in [-0.15, -0.1) is 0 Å². The second-order valence-electron chi connectivity index (χ2n) is 11.1. The van der Waals surface area contributed by atoms with Gasteiger partial charge in [-0.1, -0.05) is 49.2 Å². The van der Waals surface area contributed by atoms with Crippen molar-refractivity contribution in [3.05, 3.63) is 83.4 Å². The third-order valence-corrected chi connectivity index (χ3v) is 8.03. The number of ether oxygens (including phenoxy) is 3. The van der Waals surface area contributed by atoms with Gasteiger partial charge in [0.25, 0.3) is 0 Å². The molecule has 1 atom stereocenters. The van der Waals surface area contributed by atoms with Crippen molar-refractivity contribution in [2.75, 3.05) is 38.7 Å². The number of para-hydroxylation sites is 1. The Morgan fingerprint density at radius 2 is 1.66 bits per heavy atom. The first-order chi connectivity index (χ1) is 18.5. The van der Waals surface area contributed by atoms with Gasteiger partial charge in [0.2, 0.25) is 0 Å². The maximum Gasteiger partial charge on any atom is 0.127 e. The fourth-order valence-corrected chi connectivity index (χ4v) is 5.75. The molecule has 0 saturated carbocycles. The molecule has 1 N–H and O–H groups in total. The Morgan fingerprint density at radius 3 is 2.42 bits per heavy atom. The van der Waals surface area contributed by atoms with Gasteiger partial charge in [0.15, 0.2) is 0 Å². The van der Waals surface area contributed by atoms with Crippen molar-refractivity contribution in [1.29, 1.82) is 0 Å². The maximum absolute atomic E-state index is 6.51. The zero-order valence-electron chi connectivity index (χ0n) is 23.2. The number of benzene rings is 3. The van der Waals surface area contributed by atoms with Crippen LogP contribution in [0.25, 0.3) is 0 Å². The SMILES string of the molecule is COc1ccc2c(c1)OC(C)(C)C(c1ccccc1NCc1ccc(OCCN3CCCCCC3)cc1)C2. The minimum atomic E-state index is -0.344. The van der Waals surface area contributed by atoms with Crippen LogP contribution in [0, 0.1) is 0 Å². The lowest BCUT2D eigenvalue weighted by atomic mass is 9.77. The summed E-state index contributed by atoms with van der Waals surface area (Å²) in [5.41, 5.74) is 4.55. The van der Waals surface area contributed by atoms with Crippen molar-refractivity contribution in [2.24, 2.45) is 0 Å². The number of nitrogens with one attached hydrogen (secondary N) is 1. The summed E-state index contributed by atoms with van der Waals surface area (Å²) in [7, 11) is 1.69. The lowest BCUT2D eigenvalue weighted by molar-refractivity contribution is 0.0613. The highest BCUT2D eigenvalue weighted by Gasteiger charge is 2.39. The van der Waals surface area contributed by atoms with Crippen LogP contribution in [0.1, 0.15) is 62.1 Å². The quantitative estimate of drug-likeness (QED) is 0.331. The first-order valence-corrected chi connectivity index (χ1v) is 14.1. The second-order valence-corrected chi connectivity index (χ2v) is 11.1. The fraction of sp³-hybridized carbons (Fsp3) is 0.455. The molecule has 2 aliphatic heterocycles. The van der Waals surface area contributed by atoms with E-state index in [1.54, 1.807) is 7.11 Å². The summed E-state index contributed by atoms with van der Waals surface area (Å²) in [6.07, 6.45) is 6.30. The van der Waals surface area contributed by atoms with Crippen LogP contribution in [-0.4, -0.2) is 43.9 Å². The molecule has 202 valence electrons. The molecule has 2 heterocycles. The first kappa shape index (κ1) is 26.4. The summed E-state index contributed by atoms with van der Waals surface area (Å²) in [6, 6.07) is 23.3. The van der Waals surface area contributed by atoms with Crippen LogP contribution in [-0.2, 0) is 13.0 Å². The Bertz CT molecular complexity index is 1180. The van der Waals surface area contributed by atoms with E-state index in [0.717, 1.165) is 49.1 Å². The molecule has 3 aromatic carbocycles. The van der Waals surface area contributed by atoms with E-state index in [0.29, 0.717) is 0 Å². The molecular formula is C33H42N2O3. The van der Waals surface area contributed by atoms with Crippen molar-refractivity contribution in [2.45, 2.75) is 64.0 Å². The molecule has 5 nitrogen and oxygen atoms in total. The Hall–Kier alpha value is -3.18. The summed E-state index contributed by atoms with van der Waals surface area (Å²) in [5, 5.41) is 3.70. The van der Waals surface area contributed by atoms with Gasteiger partial charge in [0.05, 0.1) is 7.11 Å². The van der Waals surface area contributed by atoms with Crippen LogP contribution in [0.3, 0.4) is 0 Å². The van der Waals surface area contributed by atoms with E-state index in [1.807, 2.05) is 12.1 Å². The van der Waals surface area contributed by atoms with Crippen molar-refractivity contribution in [1.82, 2.24) is 4.90 Å². The highest BCUT2D eigenvalue weighted by molar-refractivity contribution is 5.56. The van der Waals surface area contributed by atoms with Crippen LogP contribution in [0.2, 0.25) is 0 Å². The summed E-state index contributed by atoms with van der Waals surface area (Å²) >= 11 is 0. The average Bonchev–Trinajstić information content (AvgIpc) is 3.20. The molecule has 0 spiro atoms. The Labute approximate surface area is 228 Å². The van der Waals surface area contributed by atoms with E-state index >= 15 is 0 Å². The number of anilines is 1. The number of methoxy groups -OCH3 is 1. The van der Waals surface area contributed by atoms with Gasteiger partial charge in [0.1, 0.15) is 29.5 Å². The number of hydrogen-bond acceptors (Lipinski definition) is 5. The molecule has 5 heteroatoms. The topological polar surface area (TPSA) is 43.0 Å². The van der Waals surface area contributed by atoms with Gasteiger partial charge in [-0.05, 0) is 87.2 Å². The molecule has 0 aromatic heterocycles. The molecule has 5 rings (SSSR count). The van der Waals surface area contributed by atoms with Gasteiger partial charge in [-0.2, -0.15) is 0 Å². The monoisotopic (exact) mass is 514 g/mol. The number of fused-ring (bicyclic) bond motifs is 1. The summed E-state index contributed by atoms with van der Waals surface area (Å²) in [5.74, 6) is 2.92. The molecular weight excluding hydrogens is 472 g/mol. The Balaban J connectivity index is 1.20. The molecule has 1 saturated heterocycles. The molecule has 0 radical (unpaired) electrons. The molecule has 1 unspecified atom stereocenters. The minimum absolute atomic E-state index is 0.229. The molecule has 1 fully saturated rings. The number of nitrogens with zero attached hydrogens (tertiary/aromatic N) is 1. The number of likely N-dealkylation sites (tertiary alicyclic amines) is 1. The normalized spacial score (nSPS) is 19.1. The first-order valence-electron chi connectivity index (χ1n) is 14.1. The third kappa shape index (κ3) is 6.44. The molecule has 0 aliphatic carbocycles. The summed E-state index contributed by atoms with van der Waals surface area (Å²) < 4.78 is 18.0. The van der Waals surface area contributed by atoms with E-state index in [1.165, 1.54) is 55.5 Å². The zero-order valence-corrected chi connectivity index (χ0v) is 23.2. The van der Waals surface area contributed by atoms with Gasteiger partial charge in [0, 0.05) is 30.8 Å². The van der Waals surface area contributed by atoms with E-state index in [9.17, 15) is 0 Å². The molecule has 3 aromatic rings. The largest absolute Gasteiger partial charge is 0.497 e. The van der Waals surface area contributed by atoms with E-state index in [4.69, 9.17) is 14.2 Å². The number of hydrogen-bond donors (Lipinski definition) is 1. The van der Waals surface area contributed by atoms with E-state index in [2.05, 4.69) is 78.7 Å².